The highest BCUT2D eigenvalue weighted by Crippen LogP contribution is 2.28. The maximum Gasteiger partial charge on any atom is 0.335 e. The molecule has 1 saturated heterocycles. The van der Waals surface area contributed by atoms with Gasteiger partial charge in [-0.15, -0.1) is 0 Å². The Morgan fingerprint density at radius 2 is 2.22 bits per heavy atom. The fourth-order valence-electron chi connectivity index (χ4n) is 2.33. The van der Waals surface area contributed by atoms with Gasteiger partial charge in [-0.3, -0.25) is 4.72 Å². The maximum atomic E-state index is 12.3. The molecule has 0 radical (unpaired) electrons. The summed E-state index contributed by atoms with van der Waals surface area (Å²) >= 11 is 0. The molecule has 1 fully saturated rings. The number of rotatable bonds is 7. The van der Waals surface area contributed by atoms with E-state index in [1.54, 1.807) is 13.8 Å². The van der Waals surface area contributed by atoms with Crippen molar-refractivity contribution in [2.24, 2.45) is 0 Å². The van der Waals surface area contributed by atoms with Crippen molar-refractivity contribution >= 4 is 21.7 Å². The first-order valence-corrected chi connectivity index (χ1v) is 9.08. The van der Waals surface area contributed by atoms with Crippen LogP contribution in [-0.2, 0) is 14.8 Å². The van der Waals surface area contributed by atoms with E-state index in [0.717, 1.165) is 6.42 Å². The molecule has 1 unspecified atom stereocenters. The van der Waals surface area contributed by atoms with Gasteiger partial charge in [-0.1, -0.05) is 0 Å². The van der Waals surface area contributed by atoms with E-state index in [0.29, 0.717) is 18.8 Å². The van der Waals surface area contributed by atoms with E-state index in [-0.39, 0.29) is 29.2 Å². The molecule has 1 aromatic rings. The third-order valence-electron chi connectivity index (χ3n) is 3.28. The van der Waals surface area contributed by atoms with Gasteiger partial charge in [0.1, 0.15) is 5.75 Å². The summed E-state index contributed by atoms with van der Waals surface area (Å²) in [6, 6.07) is 4.08. The summed E-state index contributed by atoms with van der Waals surface area (Å²) in [6.45, 7) is 4.17. The van der Waals surface area contributed by atoms with Crippen LogP contribution in [0.3, 0.4) is 0 Å². The quantitative estimate of drug-likeness (QED) is 0.786. The molecule has 1 aromatic carbocycles. The molecule has 2 N–H and O–H groups in total. The zero-order valence-corrected chi connectivity index (χ0v) is 13.9. The zero-order valence-electron chi connectivity index (χ0n) is 13.1. The Bertz CT molecular complexity index is 665. The third kappa shape index (κ3) is 5.11. The highest BCUT2D eigenvalue weighted by molar-refractivity contribution is 7.92. The fourth-order valence-corrected chi connectivity index (χ4v) is 3.66. The molecule has 2 rings (SSSR count). The second-order valence-electron chi connectivity index (χ2n) is 5.70. The topological polar surface area (TPSA) is 102 Å². The number of nitrogens with one attached hydrogen (secondary N) is 1. The second kappa shape index (κ2) is 7.18. The Morgan fingerprint density at radius 1 is 1.48 bits per heavy atom. The van der Waals surface area contributed by atoms with E-state index in [4.69, 9.17) is 14.6 Å². The van der Waals surface area contributed by atoms with E-state index in [9.17, 15) is 13.2 Å². The normalized spacial score (nSPS) is 18.1. The molecule has 0 aliphatic carbocycles. The van der Waals surface area contributed by atoms with Crippen molar-refractivity contribution in [2.45, 2.75) is 38.9 Å². The minimum Gasteiger partial charge on any atom is -0.489 e. The van der Waals surface area contributed by atoms with Crippen LogP contribution in [0, 0.1) is 0 Å². The van der Waals surface area contributed by atoms with Gasteiger partial charge in [0, 0.05) is 6.61 Å². The van der Waals surface area contributed by atoms with Crippen LogP contribution in [0.15, 0.2) is 18.2 Å². The summed E-state index contributed by atoms with van der Waals surface area (Å²) < 4.78 is 37.9. The van der Waals surface area contributed by atoms with Crippen LogP contribution in [0.1, 0.15) is 37.0 Å². The SMILES string of the molecule is CC(C)Oc1ccc(C(=O)O)cc1NS(=O)(=O)CC1CCCO1. The number of anilines is 1. The van der Waals surface area contributed by atoms with Crippen LogP contribution in [0.25, 0.3) is 0 Å². The van der Waals surface area contributed by atoms with Gasteiger partial charge in [-0.05, 0) is 44.9 Å². The number of sulfonamides is 1. The van der Waals surface area contributed by atoms with Crippen LogP contribution >= 0.6 is 0 Å². The van der Waals surface area contributed by atoms with E-state index in [2.05, 4.69) is 4.72 Å². The number of aromatic carboxylic acids is 1. The molecular formula is C15H21NO6S. The predicted octanol–water partition coefficient (Wildman–Crippen LogP) is 2.09. The van der Waals surface area contributed by atoms with Gasteiger partial charge in [0.05, 0.1) is 29.2 Å². The lowest BCUT2D eigenvalue weighted by Crippen LogP contribution is -2.26. The van der Waals surface area contributed by atoms with Gasteiger partial charge in [0.2, 0.25) is 10.0 Å². The number of carboxylic acid groups (broad SMARTS) is 1. The largest absolute Gasteiger partial charge is 0.489 e. The molecule has 1 aliphatic heterocycles. The Morgan fingerprint density at radius 3 is 2.78 bits per heavy atom. The van der Waals surface area contributed by atoms with Crippen LogP contribution in [0.5, 0.6) is 5.75 Å². The first-order chi connectivity index (χ1) is 10.8. The number of hydrogen-bond donors (Lipinski definition) is 2. The van der Waals surface area contributed by atoms with Gasteiger partial charge in [0.25, 0.3) is 0 Å². The molecule has 0 spiro atoms. The number of carbonyl (C=O) groups is 1. The van der Waals surface area contributed by atoms with E-state index in [1.807, 2.05) is 0 Å². The number of hydrogen-bond acceptors (Lipinski definition) is 5. The lowest BCUT2D eigenvalue weighted by atomic mass is 10.2. The van der Waals surface area contributed by atoms with E-state index in [1.165, 1.54) is 18.2 Å². The second-order valence-corrected chi connectivity index (χ2v) is 7.47. The summed E-state index contributed by atoms with van der Waals surface area (Å²) in [7, 11) is -3.67. The maximum absolute atomic E-state index is 12.3. The number of benzene rings is 1. The summed E-state index contributed by atoms with van der Waals surface area (Å²) in [5.41, 5.74) is 0.104. The van der Waals surface area contributed by atoms with Crippen molar-refractivity contribution in [3.05, 3.63) is 23.8 Å². The highest BCUT2D eigenvalue weighted by Gasteiger charge is 2.24. The average molecular weight is 343 g/mol. The van der Waals surface area contributed by atoms with Gasteiger partial charge >= 0.3 is 5.97 Å². The first-order valence-electron chi connectivity index (χ1n) is 7.43. The van der Waals surface area contributed by atoms with Crippen LogP contribution < -0.4 is 9.46 Å². The molecule has 23 heavy (non-hydrogen) atoms. The molecule has 7 nitrogen and oxygen atoms in total. The van der Waals surface area contributed by atoms with Crippen LogP contribution in [0.2, 0.25) is 0 Å². The lowest BCUT2D eigenvalue weighted by Gasteiger charge is -2.17. The van der Waals surface area contributed by atoms with Crippen molar-refractivity contribution in [3.63, 3.8) is 0 Å². The molecule has 8 heteroatoms. The van der Waals surface area contributed by atoms with Crippen molar-refractivity contribution in [3.8, 4) is 5.75 Å². The van der Waals surface area contributed by atoms with Crippen molar-refractivity contribution in [1.82, 2.24) is 0 Å². The summed E-state index contributed by atoms with van der Waals surface area (Å²) in [4.78, 5) is 11.1. The summed E-state index contributed by atoms with van der Waals surface area (Å²) in [5.74, 6) is -1.01. The number of ether oxygens (including phenoxy) is 2. The van der Waals surface area contributed by atoms with Crippen LogP contribution in [0.4, 0.5) is 5.69 Å². The molecule has 128 valence electrons. The van der Waals surface area contributed by atoms with Crippen LogP contribution in [-0.4, -0.2) is 44.1 Å². The Kier molecular flexibility index (Phi) is 5.48. The monoisotopic (exact) mass is 343 g/mol. The average Bonchev–Trinajstić information content (AvgIpc) is 2.91. The van der Waals surface area contributed by atoms with E-state index >= 15 is 0 Å². The Balaban J connectivity index is 2.23. The fraction of sp³-hybridized carbons (Fsp3) is 0.533. The summed E-state index contributed by atoms with van der Waals surface area (Å²) in [6.07, 6.45) is 1.04. The minimum absolute atomic E-state index is 0.0177. The number of carboxylic acids is 1. The molecule has 1 heterocycles. The molecule has 0 saturated carbocycles. The highest BCUT2D eigenvalue weighted by atomic mass is 32.2. The molecule has 0 aromatic heterocycles. The van der Waals surface area contributed by atoms with Gasteiger partial charge in [-0.25, -0.2) is 13.2 Å². The van der Waals surface area contributed by atoms with Gasteiger partial charge in [0.15, 0.2) is 0 Å². The van der Waals surface area contributed by atoms with Gasteiger partial charge in [-0.2, -0.15) is 0 Å². The molecule has 0 bridgehead atoms. The Labute approximate surface area is 135 Å². The molecular weight excluding hydrogens is 322 g/mol. The smallest absolute Gasteiger partial charge is 0.335 e. The van der Waals surface area contributed by atoms with Crippen molar-refractivity contribution in [2.75, 3.05) is 17.1 Å². The standard InChI is InChI=1S/C15H21NO6S/c1-10(2)22-14-6-5-11(15(17)18)8-13(14)16-23(19,20)9-12-4-3-7-21-12/h5-6,8,10,12,16H,3-4,7,9H2,1-2H3,(H,17,18). The molecule has 1 aliphatic rings. The predicted molar refractivity (Wildman–Crippen MR) is 85.5 cm³/mol. The molecule has 1 atom stereocenters. The van der Waals surface area contributed by atoms with Crippen molar-refractivity contribution < 1.29 is 27.8 Å². The first kappa shape index (κ1) is 17.6. The summed E-state index contributed by atoms with van der Waals surface area (Å²) in [5, 5.41) is 9.07. The van der Waals surface area contributed by atoms with Crippen molar-refractivity contribution in [1.29, 1.82) is 0 Å². The van der Waals surface area contributed by atoms with E-state index < -0.39 is 16.0 Å². The molecule has 0 amide bonds. The van der Waals surface area contributed by atoms with Gasteiger partial charge < -0.3 is 14.6 Å². The zero-order chi connectivity index (χ0) is 17.0. The lowest BCUT2D eigenvalue weighted by molar-refractivity contribution is 0.0697. The Hall–Kier alpha value is -1.80. The minimum atomic E-state index is -3.67. The third-order valence-corrected chi connectivity index (χ3v) is 4.63.